The number of aliphatic hydroxyl groups is 5. The maximum atomic E-state index is 11.1. The Labute approximate surface area is 289 Å². The van der Waals surface area contributed by atoms with Gasteiger partial charge in [-0.2, -0.15) is 0 Å². The van der Waals surface area contributed by atoms with Gasteiger partial charge in [0.2, 0.25) is 0 Å². The molecule has 274 valence electrons. The van der Waals surface area contributed by atoms with Gasteiger partial charge in [0.15, 0.2) is 8.32 Å². The van der Waals surface area contributed by atoms with Crippen LogP contribution in [0.1, 0.15) is 76.8 Å². The fraction of sp³-hybridized carbons (Fsp3) is 0.676. The molecule has 0 fully saturated rings. The Morgan fingerprint density at radius 1 is 0.583 bits per heavy atom. The first-order valence-corrected chi connectivity index (χ1v) is 20.1. The van der Waals surface area contributed by atoms with Crippen LogP contribution in [0, 0.1) is 0 Å². The van der Waals surface area contributed by atoms with Gasteiger partial charge in [-0.25, -0.2) is 0 Å². The van der Waals surface area contributed by atoms with Crippen LogP contribution in [-0.4, -0.2) is 97.3 Å². The summed E-state index contributed by atoms with van der Waals surface area (Å²) in [5, 5.41) is 52.2. The molecule has 48 heavy (non-hydrogen) atoms. The van der Waals surface area contributed by atoms with Crippen LogP contribution in [0.3, 0.4) is 0 Å². The lowest BCUT2D eigenvalue weighted by Crippen LogP contribution is -2.45. The monoisotopic (exact) mass is 694 g/mol. The molecule has 5 N–H and O–H groups in total. The van der Waals surface area contributed by atoms with E-state index in [9.17, 15) is 25.5 Å². The second-order valence-corrected chi connectivity index (χ2v) is 18.9. The van der Waals surface area contributed by atoms with Gasteiger partial charge in [0.25, 0.3) is 0 Å². The van der Waals surface area contributed by atoms with E-state index in [2.05, 4.69) is 33.9 Å². The number of ether oxygens (including phenoxy) is 4. The third-order valence-corrected chi connectivity index (χ3v) is 13.4. The minimum absolute atomic E-state index is 0.0231. The molecule has 0 aliphatic rings. The van der Waals surface area contributed by atoms with Crippen molar-refractivity contribution in [1.29, 1.82) is 0 Å². The van der Waals surface area contributed by atoms with Crippen molar-refractivity contribution in [2.75, 3.05) is 26.8 Å². The van der Waals surface area contributed by atoms with Crippen molar-refractivity contribution in [2.45, 2.75) is 134 Å². The lowest BCUT2D eigenvalue weighted by molar-refractivity contribution is -0.113. The summed E-state index contributed by atoms with van der Waals surface area (Å²) in [6, 6.07) is 19.5. The Balaban J connectivity index is 1.92. The predicted octanol–water partition coefficient (Wildman–Crippen LogP) is 5.29. The summed E-state index contributed by atoms with van der Waals surface area (Å²) in [4.78, 5) is 0. The van der Waals surface area contributed by atoms with Crippen molar-refractivity contribution in [1.82, 2.24) is 0 Å². The molecule has 0 aliphatic heterocycles. The van der Waals surface area contributed by atoms with Gasteiger partial charge in [-0.1, -0.05) is 81.4 Å². The third kappa shape index (κ3) is 17.8. The van der Waals surface area contributed by atoms with E-state index in [1.54, 1.807) is 0 Å². The molecule has 0 saturated carbocycles. The lowest BCUT2D eigenvalue weighted by Gasteiger charge is -2.40. The Hall–Kier alpha value is -1.74. The highest BCUT2D eigenvalue weighted by molar-refractivity contribution is 6.74. The molecule has 2 aromatic rings. The maximum Gasteiger partial charge on any atom is 0.192 e. The van der Waals surface area contributed by atoms with Crippen LogP contribution in [0.4, 0.5) is 0 Å². The minimum atomic E-state index is -2.27. The van der Waals surface area contributed by atoms with E-state index in [1.165, 1.54) is 0 Å². The van der Waals surface area contributed by atoms with E-state index in [1.807, 2.05) is 60.7 Å². The fourth-order valence-electron chi connectivity index (χ4n) is 5.19. The molecule has 0 spiro atoms. The number of rotatable bonds is 26. The van der Waals surface area contributed by atoms with Crippen LogP contribution >= 0.6 is 0 Å². The molecule has 0 radical (unpaired) electrons. The molecule has 10 nitrogen and oxygen atoms in total. The van der Waals surface area contributed by atoms with Crippen molar-refractivity contribution in [3.8, 4) is 0 Å². The van der Waals surface area contributed by atoms with Crippen molar-refractivity contribution in [3.05, 3.63) is 71.8 Å². The van der Waals surface area contributed by atoms with Crippen molar-refractivity contribution in [3.63, 3.8) is 0 Å². The Kier molecular flexibility index (Phi) is 20.2. The first-order valence-electron chi connectivity index (χ1n) is 17.2. The second kappa shape index (κ2) is 22.9. The summed E-state index contributed by atoms with van der Waals surface area (Å²) >= 11 is 0. The SMILES string of the molecule is CC(C)(C)[Si](C)(C)O[C@@H](C[C@@H](O)C[C@@H](O)C[C@@H](CCO)OCOCc1ccccc1)C[C@@H](O)C[C@@H](CCO)OCOCc1ccccc1. The highest BCUT2D eigenvalue weighted by Gasteiger charge is 2.40. The van der Waals surface area contributed by atoms with Crippen LogP contribution in [0.5, 0.6) is 0 Å². The third-order valence-electron chi connectivity index (χ3n) is 8.85. The van der Waals surface area contributed by atoms with Gasteiger partial charge in [-0.05, 0) is 74.2 Å². The molecule has 0 aromatic heterocycles. The zero-order chi connectivity index (χ0) is 35.4. The first kappa shape index (κ1) is 42.4. The number of aliphatic hydroxyl groups excluding tert-OH is 5. The Morgan fingerprint density at radius 2 is 0.958 bits per heavy atom. The Bertz CT molecular complexity index is 1070. The quantitative estimate of drug-likeness (QED) is 0.0500. The van der Waals surface area contributed by atoms with Crippen LogP contribution in [0.15, 0.2) is 60.7 Å². The van der Waals surface area contributed by atoms with Gasteiger partial charge in [0.05, 0.1) is 43.7 Å². The topological polar surface area (TPSA) is 147 Å². The fourth-order valence-corrected chi connectivity index (χ4v) is 6.56. The summed E-state index contributed by atoms with van der Waals surface area (Å²) < 4.78 is 29.6. The van der Waals surface area contributed by atoms with Gasteiger partial charge in [-0.15, -0.1) is 0 Å². The van der Waals surface area contributed by atoms with E-state index in [0.29, 0.717) is 26.1 Å². The zero-order valence-corrected chi connectivity index (χ0v) is 30.7. The molecule has 0 unspecified atom stereocenters. The smallest absolute Gasteiger partial charge is 0.192 e. The van der Waals surface area contributed by atoms with Gasteiger partial charge in [-0.3, -0.25) is 0 Å². The van der Waals surface area contributed by atoms with Gasteiger partial charge in [0.1, 0.15) is 13.6 Å². The van der Waals surface area contributed by atoms with Crippen LogP contribution in [0.25, 0.3) is 0 Å². The summed E-state index contributed by atoms with van der Waals surface area (Å²) in [5.41, 5.74) is 2.05. The van der Waals surface area contributed by atoms with Gasteiger partial charge >= 0.3 is 0 Å². The molecule has 0 heterocycles. The van der Waals surface area contributed by atoms with Crippen LogP contribution in [0.2, 0.25) is 18.1 Å². The van der Waals surface area contributed by atoms with E-state index >= 15 is 0 Å². The van der Waals surface area contributed by atoms with E-state index < -0.39 is 44.9 Å². The highest BCUT2D eigenvalue weighted by Crippen LogP contribution is 2.38. The maximum absolute atomic E-state index is 11.1. The normalized spacial score (nSPS) is 16.3. The standard InChI is InChI=1S/C37H62O10Si/c1-37(2,3)48(4,5)47-36(24-33(42)22-35(17-19-39)46-28-44-26-30-14-10-7-11-15-30)23-32(41)20-31(40)21-34(16-18-38)45-27-43-25-29-12-8-6-9-13-29/h6-15,31-36,38-42H,16-28H2,1-5H3/t31-,32+,33+,34-,35-,36+/m1/s1. The second-order valence-electron chi connectivity index (χ2n) is 14.1. The molecule has 11 heteroatoms. The van der Waals surface area contributed by atoms with Crippen LogP contribution < -0.4 is 0 Å². The average Bonchev–Trinajstić information content (AvgIpc) is 3.01. The molecule has 0 bridgehead atoms. The number of hydrogen-bond acceptors (Lipinski definition) is 10. The van der Waals surface area contributed by atoms with Crippen molar-refractivity contribution < 1.29 is 48.9 Å². The number of hydrogen-bond donors (Lipinski definition) is 5. The molecule has 0 amide bonds. The first-order chi connectivity index (χ1) is 22.8. The van der Waals surface area contributed by atoms with Gasteiger partial charge < -0.3 is 48.9 Å². The van der Waals surface area contributed by atoms with E-state index in [0.717, 1.165) is 11.1 Å². The largest absolute Gasteiger partial charge is 0.414 e. The number of benzene rings is 2. The predicted molar refractivity (Wildman–Crippen MR) is 189 cm³/mol. The molecule has 2 aromatic carbocycles. The van der Waals surface area contributed by atoms with Crippen molar-refractivity contribution >= 4 is 8.32 Å². The van der Waals surface area contributed by atoms with Crippen molar-refractivity contribution in [2.24, 2.45) is 0 Å². The van der Waals surface area contributed by atoms with Gasteiger partial charge in [0, 0.05) is 19.3 Å². The molecule has 0 aliphatic carbocycles. The summed E-state index contributed by atoms with van der Waals surface area (Å²) in [6.07, 6.45) is -2.08. The minimum Gasteiger partial charge on any atom is -0.414 e. The highest BCUT2D eigenvalue weighted by atomic mass is 28.4. The molecule has 2 rings (SSSR count). The molecule has 0 saturated heterocycles. The average molecular weight is 695 g/mol. The van der Waals surface area contributed by atoms with E-state index in [-0.39, 0.29) is 63.9 Å². The van der Waals surface area contributed by atoms with Crippen LogP contribution in [-0.2, 0) is 36.6 Å². The summed E-state index contributed by atoms with van der Waals surface area (Å²) in [7, 11) is -2.27. The van der Waals surface area contributed by atoms with E-state index in [4.69, 9.17) is 23.4 Å². The summed E-state index contributed by atoms with van der Waals surface area (Å²) in [6.45, 7) is 11.3. The molecular formula is C37H62O10Si. The summed E-state index contributed by atoms with van der Waals surface area (Å²) in [5.74, 6) is 0. The molecule has 6 atom stereocenters. The Morgan fingerprint density at radius 3 is 1.33 bits per heavy atom. The lowest BCUT2D eigenvalue weighted by atomic mass is 9.96. The molecular weight excluding hydrogens is 632 g/mol. The zero-order valence-electron chi connectivity index (χ0n) is 29.7.